The van der Waals surface area contributed by atoms with Crippen LogP contribution in [-0.2, 0) is 0 Å². The summed E-state index contributed by atoms with van der Waals surface area (Å²) in [5.41, 5.74) is 0.884. The maximum Gasteiger partial charge on any atom is 0.227 e. The third kappa shape index (κ3) is 1.67. The fraction of sp³-hybridized carbons (Fsp3) is 0. The first-order valence-corrected chi connectivity index (χ1v) is 5.05. The van der Waals surface area contributed by atoms with Gasteiger partial charge >= 0.3 is 0 Å². The third-order valence-corrected chi connectivity index (χ3v) is 2.43. The summed E-state index contributed by atoms with van der Waals surface area (Å²) in [6, 6.07) is 11.0. The van der Waals surface area contributed by atoms with Crippen LogP contribution in [0.15, 0.2) is 46.9 Å². The molecule has 3 aromatic rings. The Morgan fingerprint density at radius 2 is 1.76 bits per heavy atom. The van der Waals surface area contributed by atoms with Crippen LogP contribution in [0.2, 0.25) is 0 Å². The van der Waals surface area contributed by atoms with Crippen LogP contribution in [0.5, 0.6) is 0 Å². The van der Waals surface area contributed by atoms with Crippen molar-refractivity contribution in [2.24, 2.45) is 0 Å². The van der Waals surface area contributed by atoms with Gasteiger partial charge in [-0.25, -0.2) is 13.8 Å². The molecule has 0 aliphatic carbocycles. The van der Waals surface area contributed by atoms with E-state index in [1.165, 1.54) is 0 Å². The van der Waals surface area contributed by atoms with E-state index in [9.17, 15) is 8.78 Å². The molecule has 0 spiro atoms. The van der Waals surface area contributed by atoms with Gasteiger partial charge in [0.15, 0.2) is 11.4 Å². The molecule has 1 aromatic heterocycles. The molecule has 0 saturated carbocycles. The fourth-order valence-corrected chi connectivity index (χ4v) is 1.66. The minimum Gasteiger partial charge on any atom is -0.433 e. The van der Waals surface area contributed by atoms with Crippen molar-refractivity contribution in [3.63, 3.8) is 0 Å². The van der Waals surface area contributed by atoms with Gasteiger partial charge in [-0.2, -0.15) is 0 Å². The Balaban J connectivity index is 2.24. The molecule has 0 unspecified atom stereocenters. The molecule has 0 radical (unpaired) electrons. The number of nitrogens with zero attached hydrogens (tertiary/aromatic N) is 1. The second-order valence-electron chi connectivity index (χ2n) is 3.62. The summed E-state index contributed by atoms with van der Waals surface area (Å²) < 4.78 is 31.7. The second-order valence-corrected chi connectivity index (χ2v) is 3.62. The van der Waals surface area contributed by atoms with Crippen molar-refractivity contribution in [1.29, 1.82) is 0 Å². The van der Waals surface area contributed by atoms with Crippen molar-refractivity contribution in [1.82, 2.24) is 4.98 Å². The van der Waals surface area contributed by atoms with Crippen molar-refractivity contribution in [2.75, 3.05) is 0 Å². The van der Waals surface area contributed by atoms with Gasteiger partial charge in [0.25, 0.3) is 0 Å². The maximum atomic E-state index is 13.4. The van der Waals surface area contributed by atoms with E-state index >= 15 is 0 Å². The zero-order valence-corrected chi connectivity index (χ0v) is 8.65. The molecule has 1 heterocycles. The van der Waals surface area contributed by atoms with Gasteiger partial charge in [0.2, 0.25) is 5.89 Å². The number of fused-ring (bicyclic) bond motifs is 1. The van der Waals surface area contributed by atoms with Crippen LogP contribution >= 0.6 is 0 Å². The van der Waals surface area contributed by atoms with E-state index in [-0.39, 0.29) is 17.0 Å². The molecule has 0 N–H and O–H groups in total. The Labute approximate surface area is 95.5 Å². The summed E-state index contributed by atoms with van der Waals surface area (Å²) in [5.74, 6) is -1.12. The van der Waals surface area contributed by atoms with Crippen LogP contribution in [0.25, 0.3) is 22.6 Å². The minimum absolute atomic E-state index is 0.0229. The first-order valence-electron chi connectivity index (χ1n) is 5.05. The molecule has 2 nitrogen and oxygen atoms in total. The van der Waals surface area contributed by atoms with Crippen LogP contribution in [0.4, 0.5) is 8.78 Å². The smallest absolute Gasteiger partial charge is 0.227 e. The van der Waals surface area contributed by atoms with Gasteiger partial charge in [-0.1, -0.05) is 18.2 Å². The highest BCUT2D eigenvalue weighted by Gasteiger charge is 2.13. The summed E-state index contributed by atoms with van der Waals surface area (Å²) >= 11 is 0. The Hall–Kier alpha value is -2.23. The Bertz CT molecular complexity index is 676. The van der Waals surface area contributed by atoms with Crippen LogP contribution < -0.4 is 0 Å². The molecule has 0 amide bonds. The molecule has 3 rings (SSSR count). The first-order chi connectivity index (χ1) is 8.24. The van der Waals surface area contributed by atoms with E-state index in [1.54, 1.807) is 12.1 Å². The number of aromatic nitrogens is 1. The zero-order chi connectivity index (χ0) is 11.8. The molecular weight excluding hydrogens is 224 g/mol. The molecule has 0 saturated heterocycles. The van der Waals surface area contributed by atoms with Crippen molar-refractivity contribution in [3.05, 3.63) is 54.1 Å². The van der Waals surface area contributed by atoms with Crippen LogP contribution in [0.1, 0.15) is 0 Å². The maximum absolute atomic E-state index is 13.4. The van der Waals surface area contributed by atoms with Crippen LogP contribution in [-0.4, -0.2) is 4.98 Å². The van der Waals surface area contributed by atoms with Gasteiger partial charge < -0.3 is 4.42 Å². The predicted octanol–water partition coefficient (Wildman–Crippen LogP) is 3.77. The first kappa shape index (κ1) is 9.96. The van der Waals surface area contributed by atoms with Crippen molar-refractivity contribution >= 4 is 11.1 Å². The number of rotatable bonds is 1. The monoisotopic (exact) mass is 231 g/mol. The Morgan fingerprint density at radius 1 is 1.00 bits per heavy atom. The Morgan fingerprint density at radius 3 is 2.53 bits per heavy atom. The molecule has 4 heteroatoms. The van der Waals surface area contributed by atoms with E-state index < -0.39 is 11.6 Å². The van der Waals surface area contributed by atoms with E-state index in [0.717, 1.165) is 17.7 Å². The molecule has 17 heavy (non-hydrogen) atoms. The normalized spacial score (nSPS) is 10.9. The second kappa shape index (κ2) is 3.66. The lowest BCUT2D eigenvalue weighted by atomic mass is 10.2. The molecule has 0 atom stereocenters. The lowest BCUT2D eigenvalue weighted by Crippen LogP contribution is -1.79. The van der Waals surface area contributed by atoms with Gasteiger partial charge in [0.1, 0.15) is 11.3 Å². The lowest BCUT2D eigenvalue weighted by molar-refractivity contribution is 0.550. The van der Waals surface area contributed by atoms with E-state index in [1.807, 2.05) is 18.2 Å². The summed E-state index contributed by atoms with van der Waals surface area (Å²) in [6.45, 7) is 0. The average Bonchev–Trinajstić information content (AvgIpc) is 2.74. The average molecular weight is 231 g/mol. The number of benzene rings is 2. The third-order valence-electron chi connectivity index (χ3n) is 2.43. The van der Waals surface area contributed by atoms with Gasteiger partial charge in [0, 0.05) is 17.7 Å². The van der Waals surface area contributed by atoms with E-state index in [2.05, 4.69) is 4.98 Å². The SMILES string of the molecule is Fc1cc(F)c2oc(-c3ccccc3)nc2c1. The predicted molar refractivity (Wildman–Crippen MR) is 59.4 cm³/mol. The van der Waals surface area contributed by atoms with Gasteiger partial charge in [-0.15, -0.1) is 0 Å². The number of hydrogen-bond donors (Lipinski definition) is 0. The Kier molecular flexibility index (Phi) is 2.14. The highest BCUT2D eigenvalue weighted by Crippen LogP contribution is 2.26. The topological polar surface area (TPSA) is 26.0 Å². The van der Waals surface area contributed by atoms with Gasteiger partial charge in [-0.3, -0.25) is 0 Å². The van der Waals surface area contributed by atoms with Gasteiger partial charge in [0.05, 0.1) is 0 Å². The van der Waals surface area contributed by atoms with E-state index in [4.69, 9.17) is 4.42 Å². The molecular formula is C13H7F2NO. The van der Waals surface area contributed by atoms with Crippen LogP contribution in [0, 0.1) is 11.6 Å². The van der Waals surface area contributed by atoms with Gasteiger partial charge in [-0.05, 0) is 12.1 Å². The number of hydrogen-bond acceptors (Lipinski definition) is 2. The highest BCUT2D eigenvalue weighted by atomic mass is 19.1. The highest BCUT2D eigenvalue weighted by molar-refractivity contribution is 5.76. The summed E-state index contributed by atoms with van der Waals surface area (Å²) in [6.07, 6.45) is 0. The molecule has 84 valence electrons. The van der Waals surface area contributed by atoms with Crippen molar-refractivity contribution in [2.45, 2.75) is 0 Å². The zero-order valence-electron chi connectivity index (χ0n) is 8.65. The number of oxazole rings is 1. The quantitative estimate of drug-likeness (QED) is 0.637. The van der Waals surface area contributed by atoms with E-state index in [0.29, 0.717) is 0 Å². The number of halogens is 2. The molecule has 2 aromatic carbocycles. The minimum atomic E-state index is -0.741. The lowest BCUT2D eigenvalue weighted by Gasteiger charge is -1.92. The van der Waals surface area contributed by atoms with Crippen LogP contribution in [0.3, 0.4) is 0 Å². The van der Waals surface area contributed by atoms with Crippen molar-refractivity contribution < 1.29 is 13.2 Å². The standard InChI is InChI=1S/C13H7F2NO/c14-9-6-10(15)12-11(7-9)16-13(17-12)8-4-2-1-3-5-8/h1-7H. The fourth-order valence-electron chi connectivity index (χ4n) is 1.66. The molecule has 0 aliphatic heterocycles. The molecule has 0 aliphatic rings. The largest absolute Gasteiger partial charge is 0.433 e. The summed E-state index contributed by atoms with van der Waals surface area (Å²) in [7, 11) is 0. The molecule has 0 fully saturated rings. The summed E-state index contributed by atoms with van der Waals surface area (Å²) in [5, 5.41) is 0. The molecule has 0 bridgehead atoms. The summed E-state index contributed by atoms with van der Waals surface area (Å²) in [4.78, 5) is 4.06. The van der Waals surface area contributed by atoms with Crippen molar-refractivity contribution in [3.8, 4) is 11.5 Å².